The molecule has 0 aliphatic carbocycles. The van der Waals surface area contributed by atoms with Crippen LogP contribution in [0.1, 0.15) is 26.7 Å². The number of halogens is 3. The lowest BCUT2D eigenvalue weighted by atomic mass is 10.0. The molecular weight excluding hydrogens is 239 g/mol. The molecule has 1 fully saturated rings. The average Bonchev–Trinajstić information content (AvgIpc) is 2.55. The Bertz CT molecular complexity index is 314. The lowest BCUT2D eigenvalue weighted by molar-refractivity contribution is -0.148. The van der Waals surface area contributed by atoms with Crippen molar-refractivity contribution in [1.29, 1.82) is 0 Å². The molecule has 1 aliphatic rings. The number of hydrogen-bond donors (Lipinski definition) is 0. The number of carbonyl (C=O) groups excluding carboxylic acids is 2. The summed E-state index contributed by atoms with van der Waals surface area (Å²) in [5, 5.41) is 0. The van der Waals surface area contributed by atoms with E-state index in [2.05, 4.69) is 4.74 Å². The molecular formula is C10H14F3NO3. The third kappa shape index (κ3) is 3.61. The van der Waals surface area contributed by atoms with Crippen molar-refractivity contribution < 1.29 is 27.5 Å². The van der Waals surface area contributed by atoms with Crippen LogP contribution in [0.25, 0.3) is 0 Å². The summed E-state index contributed by atoms with van der Waals surface area (Å²) in [4.78, 5) is 23.6. The first kappa shape index (κ1) is 13.8. The first-order chi connectivity index (χ1) is 7.72. The lowest BCUT2D eigenvalue weighted by Gasteiger charge is -2.22. The Balaban J connectivity index is 2.63. The number of alkyl halides is 3. The van der Waals surface area contributed by atoms with Gasteiger partial charge in [0.2, 0.25) is 5.91 Å². The molecule has 0 spiro atoms. The molecule has 1 atom stereocenters. The predicted molar refractivity (Wildman–Crippen MR) is 52.1 cm³/mol. The molecule has 0 saturated carbocycles. The predicted octanol–water partition coefficient (Wildman–Crippen LogP) is 2.33. The Labute approximate surface area is 96.7 Å². The minimum atomic E-state index is -4.40. The standard InChI is InChI=1S/C10H14F3NO3/c1-6(2)7-5-17-9(16)14(7)8(15)3-4-10(11,12)13/h6-7H,3-5H2,1-2H3. The van der Waals surface area contributed by atoms with E-state index in [1.807, 2.05) is 0 Å². The molecule has 0 aromatic rings. The number of cyclic esters (lactones) is 1. The minimum absolute atomic E-state index is 0.0451. The maximum atomic E-state index is 12.0. The van der Waals surface area contributed by atoms with Gasteiger partial charge in [0.15, 0.2) is 0 Å². The highest BCUT2D eigenvalue weighted by molar-refractivity contribution is 5.93. The van der Waals surface area contributed by atoms with Crippen LogP contribution in [0.5, 0.6) is 0 Å². The summed E-state index contributed by atoms with van der Waals surface area (Å²) in [6.45, 7) is 3.60. The quantitative estimate of drug-likeness (QED) is 0.775. The zero-order valence-corrected chi connectivity index (χ0v) is 9.58. The van der Waals surface area contributed by atoms with Gasteiger partial charge < -0.3 is 4.74 Å². The molecule has 7 heteroatoms. The second-order valence-corrected chi connectivity index (χ2v) is 4.27. The van der Waals surface area contributed by atoms with Crippen LogP contribution in [-0.4, -0.2) is 35.7 Å². The number of hydrogen-bond acceptors (Lipinski definition) is 3. The van der Waals surface area contributed by atoms with Crippen LogP contribution in [0.3, 0.4) is 0 Å². The summed E-state index contributed by atoms with van der Waals surface area (Å²) >= 11 is 0. The molecule has 0 N–H and O–H groups in total. The highest BCUT2D eigenvalue weighted by Gasteiger charge is 2.40. The van der Waals surface area contributed by atoms with Gasteiger partial charge in [0.1, 0.15) is 6.61 Å². The van der Waals surface area contributed by atoms with E-state index in [1.165, 1.54) is 0 Å². The molecule has 1 aliphatic heterocycles. The summed E-state index contributed by atoms with van der Waals surface area (Å²) in [5.74, 6) is -0.875. The Hall–Kier alpha value is -1.27. The number of nitrogens with zero attached hydrogens (tertiary/aromatic N) is 1. The summed E-state index contributed by atoms with van der Waals surface area (Å²) in [6, 6.07) is -0.469. The number of imide groups is 1. The maximum Gasteiger partial charge on any atom is 0.416 e. The van der Waals surface area contributed by atoms with Crippen LogP contribution >= 0.6 is 0 Å². The SMILES string of the molecule is CC(C)C1COC(=O)N1C(=O)CCC(F)(F)F. The Morgan fingerprint density at radius 3 is 2.59 bits per heavy atom. The third-order valence-electron chi connectivity index (χ3n) is 2.57. The molecule has 17 heavy (non-hydrogen) atoms. The van der Waals surface area contributed by atoms with Crippen molar-refractivity contribution in [1.82, 2.24) is 4.90 Å². The van der Waals surface area contributed by atoms with Crippen LogP contribution in [0, 0.1) is 5.92 Å². The number of ether oxygens (including phenoxy) is 1. The van der Waals surface area contributed by atoms with Crippen molar-refractivity contribution in [3.8, 4) is 0 Å². The monoisotopic (exact) mass is 253 g/mol. The number of amides is 2. The van der Waals surface area contributed by atoms with E-state index in [0.717, 1.165) is 4.90 Å². The zero-order valence-electron chi connectivity index (χ0n) is 9.58. The van der Waals surface area contributed by atoms with Crippen molar-refractivity contribution >= 4 is 12.0 Å². The Kier molecular flexibility index (Phi) is 4.00. The van der Waals surface area contributed by atoms with Gasteiger partial charge in [-0.3, -0.25) is 4.79 Å². The van der Waals surface area contributed by atoms with Crippen molar-refractivity contribution in [2.75, 3.05) is 6.61 Å². The van der Waals surface area contributed by atoms with Gasteiger partial charge in [0, 0.05) is 6.42 Å². The van der Waals surface area contributed by atoms with E-state index >= 15 is 0 Å². The van der Waals surface area contributed by atoms with E-state index in [4.69, 9.17) is 0 Å². The molecule has 1 rings (SSSR count). The average molecular weight is 253 g/mol. The Morgan fingerprint density at radius 1 is 1.53 bits per heavy atom. The van der Waals surface area contributed by atoms with Gasteiger partial charge in [-0.2, -0.15) is 13.2 Å². The van der Waals surface area contributed by atoms with E-state index in [0.29, 0.717) is 0 Å². The van der Waals surface area contributed by atoms with Gasteiger partial charge >= 0.3 is 12.3 Å². The molecule has 98 valence electrons. The van der Waals surface area contributed by atoms with Crippen molar-refractivity contribution in [3.63, 3.8) is 0 Å². The fraction of sp³-hybridized carbons (Fsp3) is 0.800. The van der Waals surface area contributed by atoms with Crippen LogP contribution in [0.2, 0.25) is 0 Å². The molecule has 1 unspecified atom stereocenters. The van der Waals surface area contributed by atoms with Gasteiger partial charge in [-0.25, -0.2) is 9.69 Å². The molecule has 0 aromatic carbocycles. The van der Waals surface area contributed by atoms with Crippen LogP contribution in [-0.2, 0) is 9.53 Å². The van der Waals surface area contributed by atoms with E-state index in [1.54, 1.807) is 13.8 Å². The highest BCUT2D eigenvalue weighted by atomic mass is 19.4. The van der Waals surface area contributed by atoms with Gasteiger partial charge in [-0.1, -0.05) is 13.8 Å². The second-order valence-electron chi connectivity index (χ2n) is 4.27. The Morgan fingerprint density at radius 2 is 2.12 bits per heavy atom. The summed E-state index contributed by atoms with van der Waals surface area (Å²) in [5.41, 5.74) is 0. The van der Waals surface area contributed by atoms with Crippen molar-refractivity contribution in [3.05, 3.63) is 0 Å². The summed E-state index contributed by atoms with van der Waals surface area (Å²) in [6.07, 6.45) is -7.19. The second kappa shape index (κ2) is 4.93. The van der Waals surface area contributed by atoms with Crippen LogP contribution < -0.4 is 0 Å². The van der Waals surface area contributed by atoms with E-state index in [-0.39, 0.29) is 12.5 Å². The van der Waals surface area contributed by atoms with E-state index < -0.39 is 37.1 Å². The highest BCUT2D eigenvalue weighted by Crippen LogP contribution is 2.25. The number of rotatable bonds is 3. The first-order valence-corrected chi connectivity index (χ1v) is 5.28. The first-order valence-electron chi connectivity index (χ1n) is 5.28. The lowest BCUT2D eigenvalue weighted by Crippen LogP contribution is -2.42. The van der Waals surface area contributed by atoms with E-state index in [9.17, 15) is 22.8 Å². The largest absolute Gasteiger partial charge is 0.447 e. The molecule has 0 radical (unpaired) electrons. The maximum absolute atomic E-state index is 12.0. The van der Waals surface area contributed by atoms with Gasteiger partial charge in [-0.05, 0) is 5.92 Å². The zero-order chi connectivity index (χ0) is 13.2. The van der Waals surface area contributed by atoms with Crippen LogP contribution in [0.4, 0.5) is 18.0 Å². The molecule has 1 heterocycles. The third-order valence-corrected chi connectivity index (χ3v) is 2.57. The molecule has 0 aromatic heterocycles. The summed E-state index contributed by atoms with van der Waals surface area (Å²) < 4.78 is 40.6. The summed E-state index contributed by atoms with van der Waals surface area (Å²) in [7, 11) is 0. The van der Waals surface area contributed by atoms with Crippen molar-refractivity contribution in [2.45, 2.75) is 38.9 Å². The van der Waals surface area contributed by atoms with Gasteiger partial charge in [0.25, 0.3) is 0 Å². The smallest absolute Gasteiger partial charge is 0.416 e. The molecule has 2 amide bonds. The normalized spacial score (nSPS) is 20.9. The fourth-order valence-electron chi connectivity index (χ4n) is 1.58. The van der Waals surface area contributed by atoms with Gasteiger partial charge in [-0.15, -0.1) is 0 Å². The molecule has 4 nitrogen and oxygen atoms in total. The minimum Gasteiger partial charge on any atom is -0.447 e. The van der Waals surface area contributed by atoms with Crippen molar-refractivity contribution in [2.24, 2.45) is 5.92 Å². The topological polar surface area (TPSA) is 46.6 Å². The molecule has 1 saturated heterocycles. The van der Waals surface area contributed by atoms with Gasteiger partial charge in [0.05, 0.1) is 12.5 Å². The molecule has 0 bridgehead atoms. The fourth-order valence-corrected chi connectivity index (χ4v) is 1.58. The van der Waals surface area contributed by atoms with Crippen LogP contribution in [0.15, 0.2) is 0 Å². The number of carbonyl (C=O) groups is 2.